The third-order valence-electron chi connectivity index (χ3n) is 4.64. The number of carboxylic acids is 1. The van der Waals surface area contributed by atoms with Gasteiger partial charge < -0.3 is 30.4 Å². The van der Waals surface area contributed by atoms with Crippen LogP contribution in [0.4, 0.5) is 11.4 Å². The number of nitrogens with zero attached hydrogens (tertiary/aromatic N) is 1. The smallest absolute Gasteiger partial charge is 0.335 e. The molecule has 9 nitrogen and oxygen atoms in total. The number of methoxy groups -OCH3 is 3. The van der Waals surface area contributed by atoms with Crippen LogP contribution in [0.15, 0.2) is 53.7 Å². The number of rotatable bonds is 9. The van der Waals surface area contributed by atoms with Crippen LogP contribution in [0, 0.1) is 0 Å². The molecule has 0 spiro atoms. The number of nitrogens with two attached hydrogens (primary N) is 1. The molecule has 0 radical (unpaired) electrons. The Balaban J connectivity index is 0.00000210. The molecule has 1 aromatic heterocycles. The Kier molecular flexibility index (Phi) is 10.2. The number of ether oxygens (including phenoxy) is 3. The molecule has 0 saturated carbocycles. The minimum atomic E-state index is -1.11. The molecule has 0 aliphatic rings. The second-order valence-electron chi connectivity index (χ2n) is 6.79. The number of nitrogens with one attached hydrogen (secondary N) is 1. The standard InChI is InChI=1S/C23H23N3O6S.C2H6/c1-30-18-9-14(10-19(31-2)21(18)32-3)22(27)26-16-7-13(6-15(8-16)23(28)29)12-33-20-11-25-5-4-17(20)24;1-2/h4-11H,12H2,1-3H3,(H2,24,25)(H,26,27)(H,28,29);1-2H3. The first kappa shape index (κ1) is 27.3. The lowest BCUT2D eigenvalue weighted by Gasteiger charge is -2.14. The summed E-state index contributed by atoms with van der Waals surface area (Å²) in [5, 5.41) is 12.3. The molecule has 4 N–H and O–H groups in total. The van der Waals surface area contributed by atoms with Gasteiger partial charge in [-0.05, 0) is 42.0 Å². The Labute approximate surface area is 208 Å². The molecule has 0 bridgehead atoms. The van der Waals surface area contributed by atoms with Crippen LogP contribution < -0.4 is 25.3 Å². The zero-order valence-corrected chi connectivity index (χ0v) is 21.1. The Hall–Kier alpha value is -3.92. The monoisotopic (exact) mass is 499 g/mol. The quantitative estimate of drug-likeness (QED) is 0.349. The zero-order chi connectivity index (χ0) is 26.0. The number of hydrogen-bond acceptors (Lipinski definition) is 8. The third-order valence-corrected chi connectivity index (χ3v) is 5.77. The third kappa shape index (κ3) is 7.03. The number of benzene rings is 2. The van der Waals surface area contributed by atoms with E-state index in [0.717, 1.165) is 4.90 Å². The molecule has 35 heavy (non-hydrogen) atoms. The van der Waals surface area contributed by atoms with Gasteiger partial charge in [0.1, 0.15) is 0 Å². The maximum atomic E-state index is 12.9. The summed E-state index contributed by atoms with van der Waals surface area (Å²) in [5.41, 5.74) is 7.87. The highest BCUT2D eigenvalue weighted by atomic mass is 32.2. The number of pyridine rings is 1. The van der Waals surface area contributed by atoms with Crippen LogP contribution in [0.25, 0.3) is 0 Å². The van der Waals surface area contributed by atoms with Crippen molar-refractivity contribution >= 4 is 35.0 Å². The van der Waals surface area contributed by atoms with Gasteiger partial charge in [-0.1, -0.05) is 13.8 Å². The van der Waals surface area contributed by atoms with Gasteiger partial charge in [0.15, 0.2) is 11.5 Å². The van der Waals surface area contributed by atoms with E-state index in [1.165, 1.54) is 51.3 Å². The normalized spacial score (nSPS) is 9.97. The van der Waals surface area contributed by atoms with Crippen molar-refractivity contribution in [3.63, 3.8) is 0 Å². The molecule has 0 saturated heterocycles. The van der Waals surface area contributed by atoms with Crippen LogP contribution in [0.3, 0.4) is 0 Å². The molecule has 2 aromatic carbocycles. The fraction of sp³-hybridized carbons (Fsp3) is 0.240. The summed E-state index contributed by atoms with van der Waals surface area (Å²) in [6, 6.07) is 9.38. The molecule has 186 valence electrons. The van der Waals surface area contributed by atoms with Crippen molar-refractivity contribution in [1.82, 2.24) is 4.98 Å². The minimum absolute atomic E-state index is 0.0486. The molecule has 0 aliphatic heterocycles. The van der Waals surface area contributed by atoms with Crippen LogP contribution in [-0.2, 0) is 5.75 Å². The van der Waals surface area contributed by atoms with Crippen molar-refractivity contribution in [3.05, 3.63) is 65.5 Å². The fourth-order valence-corrected chi connectivity index (χ4v) is 3.92. The molecule has 3 rings (SSSR count). The number of hydrogen-bond donors (Lipinski definition) is 3. The number of carbonyl (C=O) groups excluding carboxylic acids is 1. The number of carbonyl (C=O) groups is 2. The van der Waals surface area contributed by atoms with E-state index < -0.39 is 11.9 Å². The second kappa shape index (κ2) is 13.1. The highest BCUT2D eigenvalue weighted by molar-refractivity contribution is 7.98. The summed E-state index contributed by atoms with van der Waals surface area (Å²) in [7, 11) is 4.37. The summed E-state index contributed by atoms with van der Waals surface area (Å²) in [6.45, 7) is 4.00. The van der Waals surface area contributed by atoms with Gasteiger partial charge in [0.25, 0.3) is 5.91 Å². The molecule has 1 amide bonds. The van der Waals surface area contributed by atoms with Gasteiger partial charge in [-0.2, -0.15) is 0 Å². The average Bonchev–Trinajstić information content (AvgIpc) is 2.88. The molecule has 3 aromatic rings. The molecule has 0 atom stereocenters. The molecular formula is C25H29N3O6S. The van der Waals surface area contributed by atoms with Crippen molar-refractivity contribution in [2.45, 2.75) is 24.5 Å². The number of aromatic carboxylic acids is 1. The highest BCUT2D eigenvalue weighted by Gasteiger charge is 2.18. The Bertz CT molecular complexity index is 1160. The highest BCUT2D eigenvalue weighted by Crippen LogP contribution is 2.38. The van der Waals surface area contributed by atoms with Gasteiger partial charge >= 0.3 is 5.97 Å². The SMILES string of the molecule is CC.COc1cc(C(=O)Nc2cc(CSc3cnccc3N)cc(C(=O)O)c2)cc(OC)c1OC. The lowest BCUT2D eigenvalue weighted by atomic mass is 10.1. The van der Waals surface area contributed by atoms with Crippen LogP contribution in [0.2, 0.25) is 0 Å². The molecule has 0 fully saturated rings. The Morgan fingerprint density at radius 3 is 2.20 bits per heavy atom. The first-order valence-electron chi connectivity index (χ1n) is 10.7. The second-order valence-corrected chi connectivity index (χ2v) is 7.81. The Morgan fingerprint density at radius 1 is 1.00 bits per heavy atom. The fourth-order valence-electron chi connectivity index (χ4n) is 3.06. The number of nitrogen functional groups attached to an aromatic ring is 1. The summed E-state index contributed by atoms with van der Waals surface area (Å²) >= 11 is 1.42. The van der Waals surface area contributed by atoms with Gasteiger partial charge in [-0.25, -0.2) is 4.79 Å². The van der Waals surface area contributed by atoms with E-state index in [0.29, 0.717) is 39.9 Å². The van der Waals surface area contributed by atoms with E-state index in [9.17, 15) is 14.7 Å². The van der Waals surface area contributed by atoms with Gasteiger partial charge in [-0.15, -0.1) is 11.8 Å². The first-order valence-corrected chi connectivity index (χ1v) is 11.7. The topological polar surface area (TPSA) is 133 Å². The predicted molar refractivity (Wildman–Crippen MR) is 137 cm³/mol. The van der Waals surface area contributed by atoms with Crippen molar-refractivity contribution in [3.8, 4) is 17.2 Å². The zero-order valence-electron chi connectivity index (χ0n) is 20.2. The van der Waals surface area contributed by atoms with Crippen molar-refractivity contribution in [2.75, 3.05) is 32.4 Å². The van der Waals surface area contributed by atoms with Crippen molar-refractivity contribution in [1.29, 1.82) is 0 Å². The number of carboxylic acid groups (broad SMARTS) is 1. The van der Waals surface area contributed by atoms with Crippen LogP contribution in [0.1, 0.15) is 40.1 Å². The molecule has 0 unspecified atom stereocenters. The maximum Gasteiger partial charge on any atom is 0.335 e. The number of amides is 1. The largest absolute Gasteiger partial charge is 0.493 e. The van der Waals surface area contributed by atoms with Crippen LogP contribution >= 0.6 is 11.8 Å². The predicted octanol–water partition coefficient (Wildman–Crippen LogP) is 4.96. The maximum absolute atomic E-state index is 12.9. The lowest BCUT2D eigenvalue weighted by molar-refractivity contribution is 0.0696. The van der Waals surface area contributed by atoms with E-state index in [-0.39, 0.29) is 11.1 Å². The van der Waals surface area contributed by atoms with E-state index in [1.807, 2.05) is 13.8 Å². The summed E-state index contributed by atoms with van der Waals surface area (Å²) in [5.74, 6) is -0.124. The Morgan fingerprint density at radius 2 is 1.66 bits per heavy atom. The molecular weight excluding hydrogens is 470 g/mol. The van der Waals surface area contributed by atoms with Crippen molar-refractivity contribution < 1.29 is 28.9 Å². The minimum Gasteiger partial charge on any atom is -0.493 e. The van der Waals surface area contributed by atoms with Crippen molar-refractivity contribution in [2.24, 2.45) is 0 Å². The summed E-state index contributed by atoms with van der Waals surface area (Å²) in [6.07, 6.45) is 3.25. The van der Waals surface area contributed by atoms with Gasteiger partial charge in [0, 0.05) is 40.0 Å². The van der Waals surface area contributed by atoms with E-state index in [1.54, 1.807) is 30.6 Å². The first-order chi connectivity index (χ1) is 16.9. The molecule has 1 heterocycles. The average molecular weight is 500 g/mol. The van der Waals surface area contributed by atoms with Gasteiger partial charge in [0.05, 0.1) is 26.9 Å². The summed E-state index contributed by atoms with van der Waals surface area (Å²) < 4.78 is 15.9. The van der Waals surface area contributed by atoms with E-state index >= 15 is 0 Å². The summed E-state index contributed by atoms with van der Waals surface area (Å²) in [4.78, 5) is 29.4. The molecule has 10 heteroatoms. The van der Waals surface area contributed by atoms with Crippen LogP contribution in [-0.4, -0.2) is 43.3 Å². The van der Waals surface area contributed by atoms with E-state index in [4.69, 9.17) is 19.9 Å². The molecule has 0 aliphatic carbocycles. The number of thioether (sulfide) groups is 1. The number of anilines is 2. The number of aromatic nitrogens is 1. The van der Waals surface area contributed by atoms with Crippen LogP contribution in [0.5, 0.6) is 17.2 Å². The lowest BCUT2D eigenvalue weighted by Crippen LogP contribution is -2.13. The van der Waals surface area contributed by atoms with Gasteiger partial charge in [0.2, 0.25) is 5.75 Å². The van der Waals surface area contributed by atoms with Gasteiger partial charge in [-0.3, -0.25) is 9.78 Å². The van der Waals surface area contributed by atoms with E-state index in [2.05, 4.69) is 10.3 Å².